The van der Waals surface area contributed by atoms with Crippen molar-refractivity contribution in [1.29, 1.82) is 0 Å². The minimum atomic E-state index is -4.83. The third-order valence-corrected chi connectivity index (χ3v) is 1.18. The topological polar surface area (TPSA) is 67.5 Å². The zero-order chi connectivity index (χ0) is 11.4. The summed E-state index contributed by atoms with van der Waals surface area (Å²) in [6.45, 7) is 1.26. The fourth-order valence-electron chi connectivity index (χ4n) is 0.523. The highest BCUT2D eigenvalue weighted by Crippen LogP contribution is 2.17. The van der Waals surface area contributed by atoms with Crippen LogP contribution in [0.2, 0.25) is 0 Å². The Morgan fingerprint density at radius 2 is 2.07 bits per heavy atom. The zero-order valence-electron chi connectivity index (χ0n) is 7.18. The molecule has 0 spiro atoms. The molecular formula is C6H8F3N3OS. The Balaban J connectivity index is 4.19. The molecule has 0 rings (SSSR count). The van der Waals surface area contributed by atoms with E-state index in [-0.39, 0.29) is 10.8 Å². The molecule has 14 heavy (non-hydrogen) atoms. The average molecular weight is 227 g/mol. The summed E-state index contributed by atoms with van der Waals surface area (Å²) in [5, 5.41) is 3.18. The second-order valence-electron chi connectivity index (χ2n) is 2.42. The van der Waals surface area contributed by atoms with Crippen molar-refractivity contribution in [3.63, 3.8) is 0 Å². The van der Waals surface area contributed by atoms with E-state index in [2.05, 4.69) is 22.7 Å². The highest BCUT2D eigenvalue weighted by molar-refractivity contribution is 7.80. The molecule has 0 aromatic carbocycles. The van der Waals surface area contributed by atoms with Gasteiger partial charge in [-0.2, -0.15) is 18.3 Å². The van der Waals surface area contributed by atoms with Crippen molar-refractivity contribution in [2.45, 2.75) is 19.5 Å². The number of alkyl halides is 3. The fourth-order valence-corrected chi connectivity index (χ4v) is 0.568. The Morgan fingerprint density at radius 1 is 1.57 bits per heavy atom. The number of hydrogen-bond acceptors (Lipinski definition) is 3. The molecule has 0 aromatic heterocycles. The Hall–Kier alpha value is -1.18. The standard InChI is InChI=1S/C6H8F3N3OS/c1-3(11-12-5(10)14)2-4(13)6(7,8)9/h2H2,1H3,(H3,10,12,14). The summed E-state index contributed by atoms with van der Waals surface area (Å²) in [5.41, 5.74) is 7.00. The largest absolute Gasteiger partial charge is 0.450 e. The number of hydrogen-bond donors (Lipinski definition) is 2. The molecule has 0 fully saturated rings. The number of carbonyl (C=O) groups excluding carboxylic acids is 1. The van der Waals surface area contributed by atoms with Crippen LogP contribution >= 0.6 is 12.2 Å². The Bertz CT molecular complexity index is 274. The highest BCUT2D eigenvalue weighted by Gasteiger charge is 2.37. The van der Waals surface area contributed by atoms with Crippen LogP contribution in [-0.2, 0) is 4.79 Å². The lowest BCUT2D eigenvalue weighted by Crippen LogP contribution is -2.28. The van der Waals surface area contributed by atoms with E-state index < -0.39 is 18.4 Å². The van der Waals surface area contributed by atoms with E-state index in [1.807, 2.05) is 0 Å². The second kappa shape index (κ2) is 4.89. The number of Topliss-reactive ketones (excluding diaryl/α,β-unsaturated/α-hetero) is 1. The summed E-state index contributed by atoms with van der Waals surface area (Å²) >= 11 is 4.35. The fraction of sp³-hybridized carbons (Fsp3) is 0.500. The van der Waals surface area contributed by atoms with E-state index in [1.165, 1.54) is 6.92 Å². The Kier molecular flexibility index (Phi) is 4.48. The molecule has 0 heterocycles. The molecule has 0 aliphatic heterocycles. The molecule has 0 saturated heterocycles. The molecule has 4 nitrogen and oxygen atoms in total. The van der Waals surface area contributed by atoms with E-state index in [4.69, 9.17) is 5.73 Å². The lowest BCUT2D eigenvalue weighted by molar-refractivity contribution is -0.169. The molecule has 0 aromatic rings. The van der Waals surface area contributed by atoms with Crippen molar-refractivity contribution in [3.05, 3.63) is 0 Å². The van der Waals surface area contributed by atoms with Crippen molar-refractivity contribution in [3.8, 4) is 0 Å². The van der Waals surface area contributed by atoms with Gasteiger partial charge in [0, 0.05) is 5.71 Å². The third-order valence-electron chi connectivity index (χ3n) is 1.09. The van der Waals surface area contributed by atoms with Gasteiger partial charge in [-0.3, -0.25) is 10.2 Å². The van der Waals surface area contributed by atoms with Crippen LogP contribution in [0, 0.1) is 0 Å². The number of thiocarbonyl (C=S) groups is 1. The monoisotopic (exact) mass is 227 g/mol. The van der Waals surface area contributed by atoms with Crippen LogP contribution in [0.3, 0.4) is 0 Å². The van der Waals surface area contributed by atoms with Gasteiger partial charge in [0.25, 0.3) is 0 Å². The first kappa shape index (κ1) is 12.8. The van der Waals surface area contributed by atoms with Crippen LogP contribution in [0.25, 0.3) is 0 Å². The average Bonchev–Trinajstić information content (AvgIpc) is 1.99. The van der Waals surface area contributed by atoms with Crippen LogP contribution in [0.5, 0.6) is 0 Å². The molecule has 8 heteroatoms. The minimum absolute atomic E-state index is 0.0416. The third kappa shape index (κ3) is 5.46. The van der Waals surface area contributed by atoms with Crippen LogP contribution in [0.1, 0.15) is 13.3 Å². The van der Waals surface area contributed by atoms with Crippen molar-refractivity contribution < 1.29 is 18.0 Å². The van der Waals surface area contributed by atoms with Crippen molar-refractivity contribution in [2.75, 3.05) is 0 Å². The van der Waals surface area contributed by atoms with Gasteiger partial charge in [-0.05, 0) is 19.1 Å². The van der Waals surface area contributed by atoms with E-state index >= 15 is 0 Å². The first-order valence-electron chi connectivity index (χ1n) is 3.42. The Labute approximate surface area is 83.3 Å². The highest BCUT2D eigenvalue weighted by atomic mass is 32.1. The van der Waals surface area contributed by atoms with Crippen LogP contribution < -0.4 is 11.2 Å². The maximum absolute atomic E-state index is 11.7. The number of carbonyl (C=O) groups is 1. The van der Waals surface area contributed by atoms with Gasteiger partial charge < -0.3 is 5.73 Å². The second-order valence-corrected chi connectivity index (χ2v) is 2.86. The number of hydrazone groups is 1. The van der Waals surface area contributed by atoms with Gasteiger partial charge in [0.1, 0.15) is 0 Å². The number of halogens is 3. The molecule has 0 bridgehead atoms. The number of nitrogens with two attached hydrogens (primary N) is 1. The summed E-state index contributed by atoms with van der Waals surface area (Å²) in [5.74, 6) is -1.86. The van der Waals surface area contributed by atoms with Gasteiger partial charge in [-0.1, -0.05) is 0 Å². The maximum atomic E-state index is 11.7. The molecule has 80 valence electrons. The lowest BCUT2D eigenvalue weighted by Gasteiger charge is -2.04. The maximum Gasteiger partial charge on any atom is 0.450 e. The molecule has 3 N–H and O–H groups in total. The van der Waals surface area contributed by atoms with Crippen LogP contribution in [0.4, 0.5) is 13.2 Å². The summed E-state index contributed by atoms with van der Waals surface area (Å²) < 4.78 is 35.2. The number of nitrogens with zero attached hydrogens (tertiary/aromatic N) is 1. The van der Waals surface area contributed by atoms with Gasteiger partial charge in [0.05, 0.1) is 6.42 Å². The van der Waals surface area contributed by atoms with Gasteiger partial charge in [0.15, 0.2) is 5.11 Å². The summed E-state index contributed by atoms with van der Waals surface area (Å²) in [6.07, 6.45) is -5.64. The number of rotatable bonds is 3. The predicted molar refractivity (Wildman–Crippen MR) is 48.7 cm³/mol. The van der Waals surface area contributed by atoms with E-state index in [0.29, 0.717) is 0 Å². The van der Waals surface area contributed by atoms with Crippen LogP contribution in [0.15, 0.2) is 5.10 Å². The SMILES string of the molecule is CC(CC(=O)C(F)(F)F)=NNC(N)=S. The van der Waals surface area contributed by atoms with Crippen molar-refractivity contribution in [1.82, 2.24) is 5.43 Å². The Morgan fingerprint density at radius 3 is 2.43 bits per heavy atom. The van der Waals surface area contributed by atoms with Crippen molar-refractivity contribution >= 4 is 28.8 Å². The first-order chi connectivity index (χ1) is 6.23. The number of ketones is 1. The molecule has 0 saturated carbocycles. The van der Waals surface area contributed by atoms with E-state index in [9.17, 15) is 18.0 Å². The first-order valence-corrected chi connectivity index (χ1v) is 3.83. The van der Waals surface area contributed by atoms with Gasteiger partial charge in [0.2, 0.25) is 5.78 Å². The molecule has 0 atom stereocenters. The predicted octanol–water partition coefficient (Wildman–Crippen LogP) is 0.717. The van der Waals surface area contributed by atoms with E-state index in [1.54, 1.807) is 0 Å². The summed E-state index contributed by atoms with van der Waals surface area (Å²) in [7, 11) is 0. The van der Waals surface area contributed by atoms with Gasteiger partial charge in [-0.25, -0.2) is 0 Å². The smallest absolute Gasteiger partial charge is 0.375 e. The lowest BCUT2D eigenvalue weighted by atomic mass is 10.2. The molecule has 0 amide bonds. The van der Waals surface area contributed by atoms with Gasteiger partial charge >= 0.3 is 6.18 Å². The van der Waals surface area contributed by atoms with Gasteiger partial charge in [-0.15, -0.1) is 0 Å². The molecule has 0 radical (unpaired) electrons. The molecule has 0 unspecified atom stereocenters. The van der Waals surface area contributed by atoms with Crippen LogP contribution in [-0.4, -0.2) is 22.8 Å². The number of nitrogens with one attached hydrogen (secondary N) is 1. The molecular weight excluding hydrogens is 219 g/mol. The molecule has 0 aliphatic rings. The quantitative estimate of drug-likeness (QED) is 0.423. The van der Waals surface area contributed by atoms with Crippen molar-refractivity contribution in [2.24, 2.45) is 10.8 Å². The summed E-state index contributed by atoms with van der Waals surface area (Å²) in [4.78, 5) is 10.4. The molecule has 0 aliphatic carbocycles. The normalized spacial score (nSPS) is 12.4. The van der Waals surface area contributed by atoms with E-state index in [0.717, 1.165) is 0 Å². The summed E-state index contributed by atoms with van der Waals surface area (Å²) in [6, 6.07) is 0. The minimum Gasteiger partial charge on any atom is -0.375 e. The zero-order valence-corrected chi connectivity index (χ0v) is 8.00.